The van der Waals surface area contributed by atoms with Crippen LogP contribution in [0, 0.1) is 0 Å². The number of carbonyl (C=O) groups excluding carboxylic acids is 2. The molecule has 0 aromatic heterocycles. The fraction of sp³-hybridized carbons (Fsp3) is 0.364. The molecule has 0 saturated carbocycles. The van der Waals surface area contributed by atoms with E-state index in [0.29, 0.717) is 11.3 Å². The van der Waals surface area contributed by atoms with E-state index in [1.807, 2.05) is 29.2 Å². The monoisotopic (exact) mass is 444 g/mol. The molecule has 1 heterocycles. The van der Waals surface area contributed by atoms with Crippen molar-refractivity contribution in [3.05, 3.63) is 58.6 Å². The summed E-state index contributed by atoms with van der Waals surface area (Å²) in [6.07, 6.45) is 3.24. The minimum Gasteiger partial charge on any atom is -0.484 e. The summed E-state index contributed by atoms with van der Waals surface area (Å²) in [5.74, 6) is 0.392. The van der Waals surface area contributed by atoms with E-state index in [4.69, 9.17) is 4.74 Å². The predicted molar refractivity (Wildman–Crippen MR) is 114 cm³/mol. The van der Waals surface area contributed by atoms with Gasteiger partial charge in [0.25, 0.3) is 11.8 Å². The van der Waals surface area contributed by atoms with Crippen molar-refractivity contribution < 1.29 is 14.3 Å². The Morgan fingerprint density at radius 3 is 2.25 bits per heavy atom. The number of hydrogen-bond acceptors (Lipinski definition) is 3. The quantitative estimate of drug-likeness (QED) is 0.715. The highest BCUT2D eigenvalue weighted by Gasteiger charge is 2.28. The summed E-state index contributed by atoms with van der Waals surface area (Å²) in [6, 6.07) is 14.7. The van der Waals surface area contributed by atoms with Gasteiger partial charge in [0.15, 0.2) is 6.61 Å². The number of likely N-dealkylation sites (tertiary alicyclic amines) is 1. The molecule has 6 heteroatoms. The molecule has 1 N–H and O–H groups in total. The van der Waals surface area contributed by atoms with Gasteiger partial charge < -0.3 is 15.0 Å². The van der Waals surface area contributed by atoms with Gasteiger partial charge in [-0.15, -0.1) is 0 Å². The molecule has 0 aliphatic carbocycles. The van der Waals surface area contributed by atoms with Crippen molar-refractivity contribution in [2.45, 2.75) is 45.2 Å². The van der Waals surface area contributed by atoms with Crippen LogP contribution in [-0.4, -0.2) is 35.4 Å². The Bertz CT molecular complexity index is 811. The summed E-state index contributed by atoms with van der Waals surface area (Å²) in [6.45, 7) is 4.19. The molecule has 0 radical (unpaired) electrons. The van der Waals surface area contributed by atoms with Crippen LogP contribution in [0.4, 0.5) is 5.69 Å². The minimum atomic E-state index is -0.194. The molecular weight excluding hydrogens is 420 g/mol. The predicted octanol–water partition coefficient (Wildman–Crippen LogP) is 4.87. The van der Waals surface area contributed by atoms with Crippen LogP contribution in [0.1, 0.15) is 43.5 Å². The van der Waals surface area contributed by atoms with Crippen molar-refractivity contribution in [2.75, 3.05) is 11.9 Å². The van der Waals surface area contributed by atoms with E-state index >= 15 is 0 Å². The van der Waals surface area contributed by atoms with Gasteiger partial charge in [-0.3, -0.25) is 9.59 Å². The molecule has 2 atom stereocenters. The van der Waals surface area contributed by atoms with Crippen LogP contribution in [-0.2, 0) is 4.79 Å². The van der Waals surface area contributed by atoms with Crippen LogP contribution in [0.5, 0.6) is 5.75 Å². The van der Waals surface area contributed by atoms with E-state index in [1.165, 1.54) is 0 Å². The van der Waals surface area contributed by atoms with Crippen LogP contribution in [0.15, 0.2) is 53.0 Å². The Hall–Kier alpha value is -2.34. The number of carbonyl (C=O) groups is 2. The van der Waals surface area contributed by atoms with Crippen LogP contribution in [0.25, 0.3) is 0 Å². The SMILES string of the molecule is CC1CCCC(C)N1C(=O)COc1ccc(C(=O)Nc2ccc(Br)cc2)cc1. The lowest BCUT2D eigenvalue weighted by Gasteiger charge is -2.38. The highest BCUT2D eigenvalue weighted by atomic mass is 79.9. The standard InChI is InChI=1S/C22H25BrN2O3/c1-15-4-3-5-16(2)25(15)21(26)14-28-20-12-6-17(7-13-20)22(27)24-19-10-8-18(23)9-11-19/h6-13,15-16H,3-5,14H2,1-2H3,(H,24,27). The lowest BCUT2D eigenvalue weighted by molar-refractivity contribution is -0.139. The first-order valence-electron chi connectivity index (χ1n) is 9.55. The first kappa shape index (κ1) is 20.4. The number of anilines is 1. The van der Waals surface area contributed by atoms with Crippen LogP contribution < -0.4 is 10.1 Å². The first-order valence-corrected chi connectivity index (χ1v) is 10.3. The molecule has 2 aromatic carbocycles. The Morgan fingerprint density at radius 2 is 1.64 bits per heavy atom. The maximum Gasteiger partial charge on any atom is 0.260 e. The van der Waals surface area contributed by atoms with Gasteiger partial charge in [-0.2, -0.15) is 0 Å². The molecule has 3 rings (SSSR count). The summed E-state index contributed by atoms with van der Waals surface area (Å²) >= 11 is 3.37. The van der Waals surface area contributed by atoms with E-state index in [-0.39, 0.29) is 30.5 Å². The van der Waals surface area contributed by atoms with E-state index in [1.54, 1.807) is 24.3 Å². The molecule has 2 amide bonds. The number of hydrogen-bond donors (Lipinski definition) is 1. The normalized spacial score (nSPS) is 19.2. The van der Waals surface area contributed by atoms with Crippen molar-refractivity contribution in [2.24, 2.45) is 0 Å². The van der Waals surface area contributed by atoms with Crippen molar-refractivity contribution in [1.82, 2.24) is 4.90 Å². The number of halogens is 1. The molecule has 2 unspecified atom stereocenters. The van der Waals surface area contributed by atoms with Gasteiger partial charge in [-0.05, 0) is 81.6 Å². The van der Waals surface area contributed by atoms with Crippen molar-refractivity contribution >= 4 is 33.4 Å². The molecule has 28 heavy (non-hydrogen) atoms. The summed E-state index contributed by atoms with van der Waals surface area (Å²) < 4.78 is 6.61. The highest BCUT2D eigenvalue weighted by molar-refractivity contribution is 9.10. The molecule has 2 aromatic rings. The molecule has 0 spiro atoms. The number of rotatable bonds is 5. The molecule has 1 aliphatic rings. The largest absolute Gasteiger partial charge is 0.484 e. The lowest BCUT2D eigenvalue weighted by Crippen LogP contribution is -2.49. The lowest BCUT2D eigenvalue weighted by atomic mass is 9.97. The van der Waals surface area contributed by atoms with Crippen molar-refractivity contribution in [3.63, 3.8) is 0 Å². The summed E-state index contributed by atoms with van der Waals surface area (Å²) in [5.41, 5.74) is 1.25. The maximum atomic E-state index is 12.5. The number of benzene rings is 2. The zero-order valence-electron chi connectivity index (χ0n) is 16.2. The number of ether oxygens (including phenoxy) is 1. The smallest absolute Gasteiger partial charge is 0.260 e. The first-order chi connectivity index (χ1) is 13.4. The van der Waals surface area contributed by atoms with Crippen LogP contribution in [0.3, 0.4) is 0 Å². The molecule has 5 nitrogen and oxygen atoms in total. The second-order valence-electron chi connectivity index (χ2n) is 7.20. The third-order valence-corrected chi connectivity index (χ3v) is 5.59. The van der Waals surface area contributed by atoms with Gasteiger partial charge in [-0.25, -0.2) is 0 Å². The van der Waals surface area contributed by atoms with E-state index in [2.05, 4.69) is 35.1 Å². The molecule has 1 aliphatic heterocycles. The summed E-state index contributed by atoms with van der Waals surface area (Å²) in [7, 11) is 0. The minimum absolute atomic E-state index is 0.0109. The maximum absolute atomic E-state index is 12.5. The Labute approximate surface area is 174 Å². The molecular formula is C22H25BrN2O3. The van der Waals surface area contributed by atoms with Crippen LogP contribution in [0.2, 0.25) is 0 Å². The fourth-order valence-corrected chi connectivity index (χ4v) is 3.84. The van der Waals surface area contributed by atoms with Gasteiger partial charge >= 0.3 is 0 Å². The third-order valence-electron chi connectivity index (χ3n) is 5.06. The van der Waals surface area contributed by atoms with Gasteiger partial charge in [-0.1, -0.05) is 15.9 Å². The zero-order valence-corrected chi connectivity index (χ0v) is 17.7. The number of piperidine rings is 1. The Balaban J connectivity index is 1.54. The van der Waals surface area contributed by atoms with E-state index < -0.39 is 0 Å². The van der Waals surface area contributed by atoms with Crippen molar-refractivity contribution in [1.29, 1.82) is 0 Å². The van der Waals surface area contributed by atoms with E-state index in [9.17, 15) is 9.59 Å². The second kappa shape index (κ2) is 9.24. The summed E-state index contributed by atoms with van der Waals surface area (Å²) in [4.78, 5) is 26.8. The van der Waals surface area contributed by atoms with Gasteiger partial charge in [0, 0.05) is 27.8 Å². The molecule has 1 fully saturated rings. The van der Waals surface area contributed by atoms with Gasteiger partial charge in [0.1, 0.15) is 5.75 Å². The molecule has 148 valence electrons. The number of nitrogens with zero attached hydrogens (tertiary/aromatic N) is 1. The Kier molecular flexibility index (Phi) is 6.73. The molecule has 0 bridgehead atoms. The van der Waals surface area contributed by atoms with E-state index in [0.717, 1.165) is 29.4 Å². The van der Waals surface area contributed by atoms with Crippen molar-refractivity contribution in [3.8, 4) is 5.75 Å². The number of amides is 2. The third kappa shape index (κ3) is 5.13. The molecule has 1 saturated heterocycles. The fourth-order valence-electron chi connectivity index (χ4n) is 3.57. The average Bonchev–Trinajstić information content (AvgIpc) is 2.68. The number of nitrogens with one attached hydrogen (secondary N) is 1. The zero-order chi connectivity index (χ0) is 20.1. The van der Waals surface area contributed by atoms with Gasteiger partial charge in [0.2, 0.25) is 0 Å². The van der Waals surface area contributed by atoms with Crippen LogP contribution >= 0.6 is 15.9 Å². The topological polar surface area (TPSA) is 58.6 Å². The Morgan fingerprint density at radius 1 is 1.04 bits per heavy atom. The van der Waals surface area contributed by atoms with Gasteiger partial charge in [0.05, 0.1) is 0 Å². The second-order valence-corrected chi connectivity index (χ2v) is 8.12. The highest BCUT2D eigenvalue weighted by Crippen LogP contribution is 2.23. The average molecular weight is 445 g/mol. The summed E-state index contributed by atoms with van der Waals surface area (Å²) in [5, 5.41) is 2.85.